The maximum atomic E-state index is 10.6. The van der Waals surface area contributed by atoms with Gasteiger partial charge in [0.15, 0.2) is 26.1 Å². The monoisotopic (exact) mass is 1050 g/mol. The normalized spacial score (nSPS) is 14.2. The lowest BCUT2D eigenvalue weighted by molar-refractivity contribution is -0.385. The molecule has 0 radical (unpaired) electrons. The fraction of sp³-hybridized carbons (Fsp3) is 0.105. The molecule has 0 atom stereocenters. The summed E-state index contributed by atoms with van der Waals surface area (Å²) in [6, 6.07) is 14.3. The van der Waals surface area contributed by atoms with Crippen molar-refractivity contribution in [1.29, 1.82) is 0 Å². The van der Waals surface area contributed by atoms with Crippen LogP contribution < -0.4 is 4.94 Å². The van der Waals surface area contributed by atoms with Crippen molar-refractivity contribution in [2.45, 2.75) is 28.7 Å². The van der Waals surface area contributed by atoms with E-state index in [0.717, 1.165) is 45.2 Å². The second kappa shape index (κ2) is 24.7. The standard InChI is InChI=1S/C8H6N2O3S2.C8H7NOS2.C7H4N2O3S2.C7H5NO2S.C6H3NO2S2.2CH4/c1-4-6(10(11)12)3-7(14-4)8-9-15-5(2)13-8;1-5-3-4-7(11-5)8-9-12-6(2)10-8;1-4-12-7(8-14-4)6-2-5(3-13-6)9(10)11;1-5-10-7(8-11-5)6-3-2-4-9-6;8-6-9-5(7-11-6)4-2-1-3-10-4;;/h3H,2H2,1H3;3-4H,2H2,1H3;2-3H,1H2;2-4H,1H2;1-3H;2*1H4. The van der Waals surface area contributed by atoms with Gasteiger partial charge in [0.1, 0.15) is 0 Å². The lowest BCUT2D eigenvalue weighted by Crippen LogP contribution is -1.96. The number of rotatable bonds is 7. The van der Waals surface area contributed by atoms with E-state index in [0.29, 0.717) is 70.2 Å². The first-order valence-corrected chi connectivity index (χ1v) is 24.0. The van der Waals surface area contributed by atoms with Gasteiger partial charge in [-0.1, -0.05) is 20.9 Å². The van der Waals surface area contributed by atoms with Crippen LogP contribution in [-0.2, 0) is 18.9 Å². The van der Waals surface area contributed by atoms with Crippen LogP contribution >= 0.6 is 105 Å². The van der Waals surface area contributed by atoms with Crippen molar-refractivity contribution in [3.63, 3.8) is 0 Å². The molecular formula is C38H33N7O11S9. The van der Waals surface area contributed by atoms with E-state index in [2.05, 4.69) is 61.3 Å². The van der Waals surface area contributed by atoms with Crippen LogP contribution in [0.1, 0.15) is 45.0 Å². The summed E-state index contributed by atoms with van der Waals surface area (Å²) in [6.07, 6.45) is 1.58. The third kappa shape index (κ3) is 15.0. The van der Waals surface area contributed by atoms with Gasteiger partial charge in [0.2, 0.25) is 17.7 Å². The Kier molecular flexibility index (Phi) is 19.8. The highest BCUT2D eigenvalue weighted by Gasteiger charge is 2.23. The van der Waals surface area contributed by atoms with Crippen LogP contribution in [0.2, 0.25) is 0 Å². The lowest BCUT2D eigenvalue weighted by Gasteiger charge is -1.94. The molecule has 27 heteroatoms. The number of furan rings is 1. The number of ether oxygens (including phenoxy) is 4. The maximum absolute atomic E-state index is 10.6. The molecule has 0 spiro atoms. The minimum atomic E-state index is -0.447. The van der Waals surface area contributed by atoms with Crippen molar-refractivity contribution >= 4 is 140 Å². The molecule has 10 heterocycles. The molecule has 0 bridgehead atoms. The first-order chi connectivity index (χ1) is 30.2. The molecule has 0 fully saturated rings. The quantitative estimate of drug-likeness (QED) is 0.0822. The molecule has 0 saturated heterocycles. The summed E-state index contributed by atoms with van der Waals surface area (Å²) in [5, 5.41) is 26.6. The number of aryl methyl sites for hydroxylation is 2. The van der Waals surface area contributed by atoms with Crippen LogP contribution in [0.4, 0.5) is 11.4 Å². The van der Waals surface area contributed by atoms with Crippen molar-refractivity contribution in [2.24, 2.45) is 17.6 Å². The Morgan fingerprint density at radius 1 is 0.646 bits per heavy atom. The number of nitro groups is 2. The summed E-state index contributed by atoms with van der Waals surface area (Å²) >= 11 is 11.3. The van der Waals surface area contributed by atoms with E-state index in [-0.39, 0.29) is 31.2 Å². The predicted octanol–water partition coefficient (Wildman–Crippen LogP) is 13.6. The second-order valence-electron chi connectivity index (χ2n) is 11.3. The molecule has 65 heavy (non-hydrogen) atoms. The van der Waals surface area contributed by atoms with E-state index in [1.165, 1.54) is 80.3 Å². The van der Waals surface area contributed by atoms with E-state index < -0.39 is 9.85 Å². The summed E-state index contributed by atoms with van der Waals surface area (Å²) < 4.78 is 50.5. The Labute approximate surface area is 408 Å². The molecule has 340 valence electrons. The highest BCUT2D eigenvalue weighted by Crippen LogP contribution is 2.35. The van der Waals surface area contributed by atoms with Gasteiger partial charge in [-0.2, -0.15) is 17.6 Å². The Morgan fingerprint density at radius 2 is 1.23 bits per heavy atom. The van der Waals surface area contributed by atoms with E-state index >= 15 is 0 Å². The van der Waals surface area contributed by atoms with Crippen molar-refractivity contribution in [1.82, 2.24) is 4.37 Å². The Hall–Kier alpha value is -5.52. The summed E-state index contributed by atoms with van der Waals surface area (Å²) in [5.74, 6) is 3.02. The summed E-state index contributed by atoms with van der Waals surface area (Å²) in [7, 11) is 0. The molecule has 0 aliphatic carbocycles. The highest BCUT2D eigenvalue weighted by atomic mass is 32.2. The number of nitrogens with zero attached hydrogens (tertiary/aromatic N) is 7. The van der Waals surface area contributed by atoms with Gasteiger partial charge in [0.25, 0.3) is 23.2 Å². The minimum Gasteiger partial charge on any atom is -0.459 e. The number of aromatic nitrogens is 1. The summed E-state index contributed by atoms with van der Waals surface area (Å²) in [4.78, 5) is 35.6. The largest absolute Gasteiger partial charge is 0.459 e. The van der Waals surface area contributed by atoms with Crippen LogP contribution in [-0.4, -0.2) is 37.8 Å². The molecule has 0 aromatic carbocycles. The molecule has 0 amide bonds. The zero-order valence-corrected chi connectivity index (χ0v) is 39.3. The minimum absolute atomic E-state index is 0. The zero-order chi connectivity index (χ0) is 45.0. The fourth-order valence-corrected chi connectivity index (χ4v) is 9.78. The average Bonchev–Trinajstić information content (AvgIpc) is 4.08. The molecule has 6 aromatic rings. The zero-order valence-electron chi connectivity index (χ0n) is 32.0. The van der Waals surface area contributed by atoms with E-state index in [1.54, 1.807) is 36.7 Å². The van der Waals surface area contributed by atoms with Gasteiger partial charge >= 0.3 is 4.94 Å². The van der Waals surface area contributed by atoms with E-state index in [4.69, 9.17) is 27.8 Å². The third-order valence-corrected chi connectivity index (χ3v) is 13.3. The van der Waals surface area contributed by atoms with Crippen LogP contribution in [0.25, 0.3) is 10.8 Å². The molecular weight excluding hydrogens is 1020 g/mol. The summed E-state index contributed by atoms with van der Waals surface area (Å²) in [5.41, 5.74) is 0.155. The molecule has 0 N–H and O–H groups in total. The molecule has 6 aromatic heterocycles. The van der Waals surface area contributed by atoms with Crippen molar-refractivity contribution < 1.29 is 37.6 Å². The Balaban J connectivity index is 0.000000177. The SMILES string of the molecule is C.C.C=C1OC(c2cc([N+](=O)[O-])c(C)s2)=NS1.C=C1OC(c2cc([N+](=O)[O-])cs2)=NS1.C=C1OC(c2ccc(C)s2)=NS1.C=C1OC(c2ccco2)=NS1.O=c1oc(-c2cccs2)ns1. The molecule has 4 aliphatic heterocycles. The molecule has 18 nitrogen and oxygen atoms in total. The Bertz CT molecular complexity index is 2850. The maximum Gasteiger partial charge on any atom is 0.414 e. The first kappa shape index (κ1) is 52.1. The second-order valence-corrected chi connectivity index (χ2v) is 19.7. The van der Waals surface area contributed by atoms with Crippen LogP contribution in [0.3, 0.4) is 0 Å². The van der Waals surface area contributed by atoms with Crippen LogP contribution in [0, 0.1) is 34.1 Å². The van der Waals surface area contributed by atoms with Crippen LogP contribution in [0.15, 0.2) is 143 Å². The number of thiophene rings is 4. The van der Waals surface area contributed by atoms with Gasteiger partial charge in [0, 0.05) is 17.0 Å². The summed E-state index contributed by atoms with van der Waals surface area (Å²) in [6.45, 7) is 18.2. The molecule has 4 aliphatic rings. The smallest absolute Gasteiger partial charge is 0.414 e. The highest BCUT2D eigenvalue weighted by molar-refractivity contribution is 8.02. The lowest BCUT2D eigenvalue weighted by atomic mass is 10.4. The van der Waals surface area contributed by atoms with Gasteiger partial charge < -0.3 is 27.8 Å². The van der Waals surface area contributed by atoms with Gasteiger partial charge in [0.05, 0.1) is 105 Å². The molecule has 10 rings (SSSR count). The van der Waals surface area contributed by atoms with Crippen LogP contribution in [0.5, 0.6) is 0 Å². The van der Waals surface area contributed by atoms with Crippen molar-refractivity contribution in [3.05, 3.63) is 172 Å². The van der Waals surface area contributed by atoms with Crippen molar-refractivity contribution in [2.75, 3.05) is 0 Å². The van der Waals surface area contributed by atoms with Gasteiger partial charge in [-0.3, -0.25) is 20.2 Å². The van der Waals surface area contributed by atoms with Crippen molar-refractivity contribution in [3.8, 4) is 10.8 Å². The number of hydrogen-bond donors (Lipinski definition) is 0. The van der Waals surface area contributed by atoms with Gasteiger partial charge in [-0.05, 0) is 75.9 Å². The number of hydrogen-bond acceptors (Lipinski definition) is 25. The third-order valence-electron chi connectivity index (χ3n) is 6.87. The van der Waals surface area contributed by atoms with E-state index in [9.17, 15) is 25.0 Å². The molecule has 0 unspecified atom stereocenters. The topological polar surface area (TPSA) is 229 Å². The predicted molar refractivity (Wildman–Crippen MR) is 269 cm³/mol. The Morgan fingerprint density at radius 3 is 1.65 bits per heavy atom. The first-order valence-electron chi connectivity index (χ1n) is 16.8. The van der Waals surface area contributed by atoms with E-state index in [1.807, 2.05) is 23.6 Å². The average molecular weight is 1050 g/mol. The molecule has 0 saturated carbocycles. The van der Waals surface area contributed by atoms with Gasteiger partial charge in [-0.15, -0.1) is 49.7 Å². The fourth-order valence-electron chi connectivity index (χ4n) is 4.26. The van der Waals surface area contributed by atoms with Gasteiger partial charge in [-0.25, -0.2) is 4.79 Å².